The molecule has 0 bridgehead atoms. The Morgan fingerprint density at radius 2 is 1.95 bits per heavy atom. The highest BCUT2D eigenvalue weighted by molar-refractivity contribution is 5.26. The van der Waals surface area contributed by atoms with E-state index in [0.29, 0.717) is 0 Å². The van der Waals surface area contributed by atoms with Crippen molar-refractivity contribution in [2.75, 3.05) is 6.54 Å². The first-order valence-corrected chi connectivity index (χ1v) is 7.10. The molecule has 1 N–H and O–H groups in total. The predicted octanol–water partition coefficient (Wildman–Crippen LogP) is 3.81. The number of nitrogens with zero attached hydrogens (tertiary/aromatic N) is 1. The molecule has 20 heavy (non-hydrogen) atoms. The number of benzene rings is 1. The van der Waals surface area contributed by atoms with E-state index in [2.05, 4.69) is 23.3 Å². The molecule has 1 atom stereocenters. The number of nitrogens with one attached hydrogen (secondary N) is 1. The Morgan fingerprint density at radius 3 is 2.60 bits per heavy atom. The molecular formula is C17H21FN2. The van der Waals surface area contributed by atoms with Crippen LogP contribution in [0, 0.1) is 12.7 Å². The lowest BCUT2D eigenvalue weighted by Crippen LogP contribution is -2.25. The maximum absolute atomic E-state index is 13.0. The summed E-state index contributed by atoms with van der Waals surface area (Å²) in [5.41, 5.74) is 3.39. The minimum atomic E-state index is -0.190. The summed E-state index contributed by atoms with van der Waals surface area (Å²) in [6, 6.07) is 11.0. The highest BCUT2D eigenvalue weighted by Gasteiger charge is 2.14. The van der Waals surface area contributed by atoms with Crippen LogP contribution in [-0.2, 0) is 6.42 Å². The van der Waals surface area contributed by atoms with Crippen LogP contribution in [-0.4, -0.2) is 11.5 Å². The van der Waals surface area contributed by atoms with E-state index < -0.39 is 0 Å². The van der Waals surface area contributed by atoms with Crippen LogP contribution in [0.1, 0.15) is 36.2 Å². The SMILES string of the molecule is CCCNC(Cc1ccc(F)cc1)c1cccnc1C. The molecular weight excluding hydrogens is 251 g/mol. The molecule has 1 aromatic carbocycles. The molecule has 0 amide bonds. The van der Waals surface area contributed by atoms with Crippen LogP contribution in [0.3, 0.4) is 0 Å². The zero-order valence-corrected chi connectivity index (χ0v) is 12.1. The molecule has 0 saturated heterocycles. The van der Waals surface area contributed by atoms with Crippen LogP contribution >= 0.6 is 0 Å². The Labute approximate surface area is 120 Å². The van der Waals surface area contributed by atoms with Gasteiger partial charge in [0, 0.05) is 17.9 Å². The number of rotatable bonds is 6. The molecule has 2 rings (SSSR count). The predicted molar refractivity (Wildman–Crippen MR) is 80.1 cm³/mol. The van der Waals surface area contributed by atoms with Crippen LogP contribution < -0.4 is 5.32 Å². The lowest BCUT2D eigenvalue weighted by atomic mass is 9.97. The number of halogens is 1. The van der Waals surface area contributed by atoms with Gasteiger partial charge in [0.15, 0.2) is 0 Å². The molecule has 1 aromatic heterocycles. The summed E-state index contributed by atoms with van der Waals surface area (Å²) in [7, 11) is 0. The largest absolute Gasteiger partial charge is 0.310 e. The second-order valence-corrected chi connectivity index (χ2v) is 5.02. The first-order valence-electron chi connectivity index (χ1n) is 7.10. The summed E-state index contributed by atoms with van der Waals surface area (Å²) in [4.78, 5) is 4.36. The van der Waals surface area contributed by atoms with Crippen molar-refractivity contribution in [2.24, 2.45) is 0 Å². The zero-order valence-electron chi connectivity index (χ0n) is 12.1. The Hall–Kier alpha value is -1.74. The number of aromatic nitrogens is 1. The maximum atomic E-state index is 13.0. The first-order chi connectivity index (χ1) is 9.70. The monoisotopic (exact) mass is 272 g/mol. The van der Waals surface area contributed by atoms with Crippen molar-refractivity contribution in [3.63, 3.8) is 0 Å². The molecule has 1 heterocycles. The smallest absolute Gasteiger partial charge is 0.123 e. The van der Waals surface area contributed by atoms with E-state index >= 15 is 0 Å². The Bertz CT molecular complexity index is 537. The van der Waals surface area contributed by atoms with E-state index in [9.17, 15) is 4.39 Å². The molecule has 106 valence electrons. The van der Waals surface area contributed by atoms with E-state index in [1.54, 1.807) is 0 Å². The summed E-state index contributed by atoms with van der Waals surface area (Å²) in [6.45, 7) is 5.14. The van der Waals surface area contributed by atoms with Crippen molar-refractivity contribution >= 4 is 0 Å². The quantitative estimate of drug-likeness (QED) is 0.865. The summed E-state index contributed by atoms with van der Waals surface area (Å²) >= 11 is 0. The molecule has 2 nitrogen and oxygen atoms in total. The van der Waals surface area contributed by atoms with Crippen LogP contribution in [0.25, 0.3) is 0 Å². The second kappa shape index (κ2) is 7.15. The first kappa shape index (κ1) is 14.7. The molecule has 2 aromatic rings. The van der Waals surface area contributed by atoms with Crippen LogP contribution in [0.4, 0.5) is 4.39 Å². The number of hydrogen-bond acceptors (Lipinski definition) is 2. The fourth-order valence-electron chi connectivity index (χ4n) is 2.33. The van der Waals surface area contributed by atoms with Crippen molar-refractivity contribution in [1.29, 1.82) is 0 Å². The van der Waals surface area contributed by atoms with Crippen LogP contribution in [0.15, 0.2) is 42.6 Å². The molecule has 0 fully saturated rings. The van der Waals surface area contributed by atoms with Gasteiger partial charge in [0.05, 0.1) is 0 Å². The van der Waals surface area contributed by atoms with E-state index in [4.69, 9.17) is 0 Å². The molecule has 0 aliphatic rings. The molecule has 0 radical (unpaired) electrons. The topological polar surface area (TPSA) is 24.9 Å². The summed E-state index contributed by atoms with van der Waals surface area (Å²) in [5.74, 6) is -0.190. The summed E-state index contributed by atoms with van der Waals surface area (Å²) < 4.78 is 13.0. The third kappa shape index (κ3) is 3.87. The van der Waals surface area contributed by atoms with Gasteiger partial charge in [0.1, 0.15) is 5.82 Å². The van der Waals surface area contributed by atoms with Gasteiger partial charge in [-0.05, 0) is 55.6 Å². The maximum Gasteiger partial charge on any atom is 0.123 e. The van der Waals surface area contributed by atoms with Gasteiger partial charge in [-0.3, -0.25) is 4.98 Å². The van der Waals surface area contributed by atoms with Gasteiger partial charge < -0.3 is 5.32 Å². The Morgan fingerprint density at radius 1 is 1.20 bits per heavy atom. The Balaban J connectivity index is 2.19. The van der Waals surface area contributed by atoms with Crippen molar-refractivity contribution in [3.8, 4) is 0 Å². The van der Waals surface area contributed by atoms with Crippen LogP contribution in [0.5, 0.6) is 0 Å². The fourth-order valence-corrected chi connectivity index (χ4v) is 2.33. The lowest BCUT2D eigenvalue weighted by Gasteiger charge is -2.20. The molecule has 0 saturated carbocycles. The van der Waals surface area contributed by atoms with Gasteiger partial charge in [-0.2, -0.15) is 0 Å². The summed E-state index contributed by atoms with van der Waals surface area (Å²) in [5, 5.41) is 3.56. The number of pyridine rings is 1. The highest BCUT2D eigenvalue weighted by atomic mass is 19.1. The minimum absolute atomic E-state index is 0.190. The van der Waals surface area contributed by atoms with E-state index in [1.807, 2.05) is 31.3 Å². The molecule has 0 aliphatic heterocycles. The van der Waals surface area contributed by atoms with E-state index in [1.165, 1.54) is 17.7 Å². The van der Waals surface area contributed by atoms with Crippen LogP contribution in [0.2, 0.25) is 0 Å². The number of aryl methyl sites for hydroxylation is 1. The summed E-state index contributed by atoms with van der Waals surface area (Å²) in [6.07, 6.45) is 3.74. The van der Waals surface area contributed by atoms with Gasteiger partial charge in [0.2, 0.25) is 0 Å². The third-order valence-corrected chi connectivity index (χ3v) is 3.42. The normalized spacial score (nSPS) is 12.3. The fraction of sp³-hybridized carbons (Fsp3) is 0.353. The van der Waals surface area contributed by atoms with Crippen molar-refractivity contribution in [1.82, 2.24) is 10.3 Å². The average Bonchev–Trinajstić information content (AvgIpc) is 2.46. The molecule has 0 aliphatic carbocycles. The van der Waals surface area contributed by atoms with Crippen molar-refractivity contribution in [3.05, 3.63) is 65.2 Å². The standard InChI is InChI=1S/C17H21FN2/c1-3-10-20-17(16-5-4-11-19-13(16)2)12-14-6-8-15(18)9-7-14/h4-9,11,17,20H,3,10,12H2,1-2H3. The minimum Gasteiger partial charge on any atom is -0.310 e. The molecule has 1 unspecified atom stereocenters. The molecule has 3 heteroatoms. The van der Waals surface area contributed by atoms with Crippen molar-refractivity contribution < 1.29 is 4.39 Å². The highest BCUT2D eigenvalue weighted by Crippen LogP contribution is 2.20. The average molecular weight is 272 g/mol. The lowest BCUT2D eigenvalue weighted by molar-refractivity contribution is 0.524. The Kier molecular flexibility index (Phi) is 5.24. The van der Waals surface area contributed by atoms with Gasteiger partial charge in [0.25, 0.3) is 0 Å². The second-order valence-electron chi connectivity index (χ2n) is 5.02. The molecule has 0 spiro atoms. The van der Waals surface area contributed by atoms with Crippen molar-refractivity contribution in [2.45, 2.75) is 32.7 Å². The van der Waals surface area contributed by atoms with Gasteiger partial charge in [-0.15, -0.1) is 0 Å². The number of hydrogen-bond donors (Lipinski definition) is 1. The third-order valence-electron chi connectivity index (χ3n) is 3.42. The van der Waals surface area contributed by atoms with E-state index in [0.717, 1.165) is 30.6 Å². The van der Waals surface area contributed by atoms with Gasteiger partial charge in [-0.25, -0.2) is 4.39 Å². The van der Waals surface area contributed by atoms with Gasteiger partial charge >= 0.3 is 0 Å². The van der Waals surface area contributed by atoms with E-state index in [-0.39, 0.29) is 11.9 Å². The van der Waals surface area contributed by atoms with Gasteiger partial charge in [-0.1, -0.05) is 25.1 Å². The zero-order chi connectivity index (χ0) is 14.4.